The quantitative estimate of drug-likeness (QED) is 0.386. The molecule has 0 atom stereocenters. The fourth-order valence-corrected chi connectivity index (χ4v) is 1.01. The topological polar surface area (TPSA) is 98.3 Å². The highest BCUT2D eigenvalue weighted by atomic mass is 16.2. The highest BCUT2D eigenvalue weighted by molar-refractivity contribution is 4.82. The molecule has 0 fully saturated rings. The molecule has 7 N–H and O–H groups in total. The van der Waals surface area contributed by atoms with Crippen LogP contribution in [-0.2, 0) is 0 Å². The van der Waals surface area contributed by atoms with E-state index in [0.29, 0.717) is 19.6 Å². The van der Waals surface area contributed by atoms with Gasteiger partial charge in [-0.2, -0.15) is 0 Å². The molecule has 4 heteroatoms. The average molecular weight is 161 g/mol. The predicted octanol–water partition coefficient (Wildman–Crippen LogP) is -1.38. The smallest absolute Gasteiger partial charge is 0.0431 e. The SMILES string of the molecule is NCC(CN)(CN)CCCO. The van der Waals surface area contributed by atoms with Gasteiger partial charge in [0, 0.05) is 31.7 Å². The first kappa shape index (κ1) is 10.8. The van der Waals surface area contributed by atoms with E-state index in [1.54, 1.807) is 0 Å². The van der Waals surface area contributed by atoms with Crippen molar-refractivity contribution >= 4 is 0 Å². The zero-order valence-electron chi connectivity index (χ0n) is 6.92. The molecular weight excluding hydrogens is 142 g/mol. The van der Waals surface area contributed by atoms with Crippen LogP contribution in [0.25, 0.3) is 0 Å². The second-order valence-electron chi connectivity index (χ2n) is 2.94. The monoisotopic (exact) mass is 161 g/mol. The fraction of sp³-hybridized carbons (Fsp3) is 1.00. The van der Waals surface area contributed by atoms with Crippen LogP contribution in [0.5, 0.6) is 0 Å². The van der Waals surface area contributed by atoms with Gasteiger partial charge in [0.05, 0.1) is 0 Å². The van der Waals surface area contributed by atoms with Crippen LogP contribution in [-0.4, -0.2) is 31.3 Å². The summed E-state index contributed by atoms with van der Waals surface area (Å²) in [5.41, 5.74) is 16.4. The molecule has 0 unspecified atom stereocenters. The highest BCUT2D eigenvalue weighted by Gasteiger charge is 2.24. The first-order chi connectivity index (χ1) is 5.24. The van der Waals surface area contributed by atoms with Crippen LogP contribution in [0.2, 0.25) is 0 Å². The van der Waals surface area contributed by atoms with Crippen molar-refractivity contribution in [2.24, 2.45) is 22.6 Å². The second-order valence-corrected chi connectivity index (χ2v) is 2.94. The zero-order valence-corrected chi connectivity index (χ0v) is 6.92. The van der Waals surface area contributed by atoms with E-state index in [4.69, 9.17) is 22.3 Å². The molecule has 0 heterocycles. The molecule has 4 nitrogen and oxygen atoms in total. The number of hydrogen-bond donors (Lipinski definition) is 4. The Bertz CT molecular complexity index is 85.4. The minimum Gasteiger partial charge on any atom is -0.396 e. The van der Waals surface area contributed by atoms with Gasteiger partial charge in [-0.25, -0.2) is 0 Å². The van der Waals surface area contributed by atoms with Crippen molar-refractivity contribution in [2.75, 3.05) is 26.2 Å². The van der Waals surface area contributed by atoms with Gasteiger partial charge < -0.3 is 22.3 Å². The molecule has 0 aliphatic rings. The molecule has 0 saturated carbocycles. The summed E-state index contributed by atoms with van der Waals surface area (Å²) < 4.78 is 0. The van der Waals surface area contributed by atoms with E-state index >= 15 is 0 Å². The highest BCUT2D eigenvalue weighted by Crippen LogP contribution is 2.18. The lowest BCUT2D eigenvalue weighted by Crippen LogP contribution is -2.44. The van der Waals surface area contributed by atoms with Gasteiger partial charge >= 0.3 is 0 Å². The zero-order chi connectivity index (χ0) is 8.74. The summed E-state index contributed by atoms with van der Waals surface area (Å²) in [5, 5.41) is 8.59. The molecule has 0 bridgehead atoms. The van der Waals surface area contributed by atoms with E-state index < -0.39 is 0 Å². The Labute approximate surface area is 67.7 Å². The molecule has 0 aliphatic heterocycles. The summed E-state index contributed by atoms with van der Waals surface area (Å²) in [4.78, 5) is 0. The van der Waals surface area contributed by atoms with Crippen molar-refractivity contribution in [3.63, 3.8) is 0 Å². The van der Waals surface area contributed by atoms with Crippen LogP contribution < -0.4 is 17.2 Å². The van der Waals surface area contributed by atoms with Gasteiger partial charge in [-0.15, -0.1) is 0 Å². The lowest BCUT2D eigenvalue weighted by atomic mass is 9.83. The number of aliphatic hydroxyl groups is 1. The summed E-state index contributed by atoms with van der Waals surface area (Å²) in [5.74, 6) is 0. The van der Waals surface area contributed by atoms with E-state index in [-0.39, 0.29) is 12.0 Å². The number of hydrogen-bond acceptors (Lipinski definition) is 4. The molecular formula is C7H19N3O. The van der Waals surface area contributed by atoms with Crippen LogP contribution in [0.15, 0.2) is 0 Å². The Kier molecular flexibility index (Phi) is 5.41. The van der Waals surface area contributed by atoms with Crippen LogP contribution in [0.3, 0.4) is 0 Å². The van der Waals surface area contributed by atoms with Crippen molar-refractivity contribution in [3.05, 3.63) is 0 Å². The Morgan fingerprint density at radius 3 is 1.73 bits per heavy atom. The molecule has 0 saturated heterocycles. The Morgan fingerprint density at radius 1 is 1.00 bits per heavy atom. The average Bonchev–Trinajstić information content (AvgIpc) is 2.08. The third kappa shape index (κ3) is 3.16. The molecule has 0 aromatic heterocycles. The third-order valence-corrected chi connectivity index (χ3v) is 2.16. The molecule has 11 heavy (non-hydrogen) atoms. The molecule has 0 amide bonds. The fourth-order valence-electron chi connectivity index (χ4n) is 1.01. The largest absolute Gasteiger partial charge is 0.396 e. The Hall–Kier alpha value is -0.160. The molecule has 68 valence electrons. The molecule has 0 spiro atoms. The lowest BCUT2D eigenvalue weighted by Gasteiger charge is -2.28. The van der Waals surface area contributed by atoms with Crippen molar-refractivity contribution in [2.45, 2.75) is 12.8 Å². The molecule has 0 aromatic rings. The van der Waals surface area contributed by atoms with Crippen molar-refractivity contribution < 1.29 is 5.11 Å². The first-order valence-corrected chi connectivity index (χ1v) is 3.96. The minimum absolute atomic E-state index is 0.150. The van der Waals surface area contributed by atoms with E-state index in [1.165, 1.54) is 0 Å². The lowest BCUT2D eigenvalue weighted by molar-refractivity contribution is 0.228. The maximum Gasteiger partial charge on any atom is 0.0431 e. The van der Waals surface area contributed by atoms with Crippen LogP contribution in [0.1, 0.15) is 12.8 Å². The van der Waals surface area contributed by atoms with Gasteiger partial charge in [0.2, 0.25) is 0 Å². The molecule has 0 aliphatic carbocycles. The standard InChI is InChI=1S/C7H19N3O/c8-4-7(5-9,6-10)2-1-3-11/h11H,1-6,8-10H2. The Morgan fingerprint density at radius 2 is 1.45 bits per heavy atom. The van der Waals surface area contributed by atoms with Gasteiger partial charge in [0.1, 0.15) is 0 Å². The van der Waals surface area contributed by atoms with E-state index in [2.05, 4.69) is 0 Å². The second kappa shape index (κ2) is 5.49. The maximum absolute atomic E-state index is 8.59. The summed E-state index contributed by atoms with van der Waals surface area (Å²) >= 11 is 0. The molecule has 0 rings (SSSR count). The summed E-state index contributed by atoms with van der Waals surface area (Å²) in [6.07, 6.45) is 1.54. The first-order valence-electron chi connectivity index (χ1n) is 3.96. The number of rotatable bonds is 6. The predicted molar refractivity (Wildman–Crippen MR) is 45.9 cm³/mol. The summed E-state index contributed by atoms with van der Waals surface area (Å²) in [7, 11) is 0. The third-order valence-electron chi connectivity index (χ3n) is 2.16. The summed E-state index contributed by atoms with van der Waals surface area (Å²) in [6.45, 7) is 1.68. The minimum atomic E-state index is -0.150. The van der Waals surface area contributed by atoms with E-state index in [1.807, 2.05) is 0 Å². The molecule has 0 radical (unpaired) electrons. The van der Waals surface area contributed by atoms with Crippen molar-refractivity contribution in [1.82, 2.24) is 0 Å². The maximum atomic E-state index is 8.59. The molecule has 0 aromatic carbocycles. The summed E-state index contributed by atoms with van der Waals surface area (Å²) in [6, 6.07) is 0. The van der Waals surface area contributed by atoms with Gasteiger partial charge in [0.25, 0.3) is 0 Å². The van der Waals surface area contributed by atoms with Gasteiger partial charge in [-0.3, -0.25) is 0 Å². The van der Waals surface area contributed by atoms with Gasteiger partial charge in [-0.1, -0.05) is 0 Å². The van der Waals surface area contributed by atoms with Crippen molar-refractivity contribution in [1.29, 1.82) is 0 Å². The normalized spacial score (nSPS) is 12.0. The van der Waals surface area contributed by atoms with Crippen LogP contribution in [0.4, 0.5) is 0 Å². The van der Waals surface area contributed by atoms with Gasteiger partial charge in [0.15, 0.2) is 0 Å². The number of aliphatic hydroxyl groups excluding tert-OH is 1. The van der Waals surface area contributed by atoms with Gasteiger partial charge in [-0.05, 0) is 12.8 Å². The van der Waals surface area contributed by atoms with E-state index in [0.717, 1.165) is 12.8 Å². The number of nitrogens with two attached hydrogens (primary N) is 3. The van der Waals surface area contributed by atoms with E-state index in [9.17, 15) is 0 Å². The Balaban J connectivity index is 3.84. The van der Waals surface area contributed by atoms with Crippen LogP contribution >= 0.6 is 0 Å². The van der Waals surface area contributed by atoms with Crippen molar-refractivity contribution in [3.8, 4) is 0 Å². The van der Waals surface area contributed by atoms with Crippen LogP contribution in [0, 0.1) is 5.41 Å².